The Labute approximate surface area is 79.9 Å². The molecule has 0 aliphatic rings. The molecule has 1 rings (SSSR count). The summed E-state index contributed by atoms with van der Waals surface area (Å²) in [5.74, 6) is -0.227. The normalized spacial score (nSPS) is 13.0. The van der Waals surface area contributed by atoms with E-state index in [9.17, 15) is 4.39 Å². The SMILES string of the molecule is C[C@H](N)Cc1ccc(F)cc1Br. The Morgan fingerprint density at radius 2 is 2.25 bits per heavy atom. The zero-order chi connectivity index (χ0) is 9.14. The van der Waals surface area contributed by atoms with E-state index in [-0.39, 0.29) is 11.9 Å². The topological polar surface area (TPSA) is 26.0 Å². The van der Waals surface area contributed by atoms with Crippen molar-refractivity contribution in [2.45, 2.75) is 19.4 Å². The molecule has 0 spiro atoms. The molecule has 0 fully saturated rings. The van der Waals surface area contributed by atoms with E-state index in [2.05, 4.69) is 15.9 Å². The molecule has 0 heterocycles. The van der Waals surface area contributed by atoms with Crippen molar-refractivity contribution in [2.24, 2.45) is 5.73 Å². The van der Waals surface area contributed by atoms with Crippen molar-refractivity contribution in [3.8, 4) is 0 Å². The largest absolute Gasteiger partial charge is 0.328 e. The van der Waals surface area contributed by atoms with Gasteiger partial charge in [-0.15, -0.1) is 0 Å². The highest BCUT2D eigenvalue weighted by Crippen LogP contribution is 2.18. The van der Waals surface area contributed by atoms with Crippen LogP contribution in [0.5, 0.6) is 0 Å². The highest BCUT2D eigenvalue weighted by molar-refractivity contribution is 9.10. The molecule has 0 aliphatic heterocycles. The molecule has 66 valence electrons. The van der Waals surface area contributed by atoms with Crippen LogP contribution in [-0.4, -0.2) is 6.04 Å². The summed E-state index contributed by atoms with van der Waals surface area (Å²) in [6.07, 6.45) is 0.765. The number of hydrogen-bond donors (Lipinski definition) is 1. The number of nitrogens with two attached hydrogens (primary N) is 1. The van der Waals surface area contributed by atoms with Crippen molar-refractivity contribution in [2.75, 3.05) is 0 Å². The Balaban J connectivity index is 2.86. The molecule has 2 N–H and O–H groups in total. The van der Waals surface area contributed by atoms with E-state index in [4.69, 9.17) is 5.73 Å². The zero-order valence-electron chi connectivity index (χ0n) is 6.85. The first-order valence-corrected chi connectivity index (χ1v) is 4.58. The van der Waals surface area contributed by atoms with Gasteiger partial charge in [-0.05, 0) is 31.0 Å². The standard InChI is InChI=1S/C9H11BrFN/c1-6(12)4-7-2-3-8(11)5-9(7)10/h2-3,5-6H,4,12H2,1H3/t6-/m0/s1. The van der Waals surface area contributed by atoms with Gasteiger partial charge in [-0.3, -0.25) is 0 Å². The molecule has 3 heteroatoms. The summed E-state index contributed by atoms with van der Waals surface area (Å²) in [6.45, 7) is 1.93. The second-order valence-corrected chi connectivity index (χ2v) is 3.77. The average Bonchev–Trinajstić information content (AvgIpc) is 1.94. The lowest BCUT2D eigenvalue weighted by molar-refractivity contribution is 0.624. The molecule has 0 bridgehead atoms. The first kappa shape index (κ1) is 9.68. The Hall–Kier alpha value is -0.410. The van der Waals surface area contributed by atoms with Crippen LogP contribution in [0.4, 0.5) is 4.39 Å². The fourth-order valence-electron chi connectivity index (χ4n) is 1.03. The molecule has 0 saturated carbocycles. The number of halogens is 2. The maximum Gasteiger partial charge on any atom is 0.124 e. The Bertz CT molecular complexity index is 273. The van der Waals surface area contributed by atoms with E-state index >= 15 is 0 Å². The van der Waals surface area contributed by atoms with Crippen LogP contribution in [0.3, 0.4) is 0 Å². The molecule has 0 aromatic heterocycles. The van der Waals surface area contributed by atoms with Crippen LogP contribution in [-0.2, 0) is 6.42 Å². The third-order valence-corrected chi connectivity index (χ3v) is 2.30. The maximum atomic E-state index is 12.6. The van der Waals surface area contributed by atoms with E-state index in [1.165, 1.54) is 12.1 Å². The van der Waals surface area contributed by atoms with Gasteiger partial charge in [0, 0.05) is 10.5 Å². The summed E-state index contributed by atoms with van der Waals surface area (Å²) in [7, 11) is 0. The van der Waals surface area contributed by atoms with E-state index in [1.807, 2.05) is 6.92 Å². The minimum atomic E-state index is -0.227. The molecule has 1 aromatic carbocycles. The summed E-state index contributed by atoms with van der Waals surface area (Å²) in [5.41, 5.74) is 6.66. The summed E-state index contributed by atoms with van der Waals surface area (Å²) in [5, 5.41) is 0. The van der Waals surface area contributed by atoms with Gasteiger partial charge in [-0.25, -0.2) is 4.39 Å². The lowest BCUT2D eigenvalue weighted by Crippen LogP contribution is -2.17. The van der Waals surface area contributed by atoms with Crippen LogP contribution < -0.4 is 5.73 Å². The molecule has 1 atom stereocenters. The Kier molecular flexibility index (Phi) is 3.23. The second kappa shape index (κ2) is 4.01. The van der Waals surface area contributed by atoms with E-state index < -0.39 is 0 Å². The van der Waals surface area contributed by atoms with Gasteiger partial charge >= 0.3 is 0 Å². The predicted molar refractivity (Wildman–Crippen MR) is 51.5 cm³/mol. The minimum absolute atomic E-state index is 0.103. The molecule has 0 radical (unpaired) electrons. The van der Waals surface area contributed by atoms with E-state index in [0.29, 0.717) is 0 Å². The van der Waals surface area contributed by atoms with Crippen LogP contribution >= 0.6 is 15.9 Å². The maximum absolute atomic E-state index is 12.6. The van der Waals surface area contributed by atoms with Gasteiger partial charge in [0.15, 0.2) is 0 Å². The summed E-state index contributed by atoms with van der Waals surface area (Å²) in [6, 6.07) is 4.76. The lowest BCUT2D eigenvalue weighted by Gasteiger charge is -2.06. The molecule has 1 aromatic rings. The molecule has 0 amide bonds. The first-order valence-electron chi connectivity index (χ1n) is 3.79. The van der Waals surface area contributed by atoms with Crippen molar-refractivity contribution in [1.82, 2.24) is 0 Å². The second-order valence-electron chi connectivity index (χ2n) is 2.92. The summed E-state index contributed by atoms with van der Waals surface area (Å²) in [4.78, 5) is 0. The molecule has 1 nitrogen and oxygen atoms in total. The molecule has 0 aliphatic carbocycles. The van der Waals surface area contributed by atoms with Gasteiger partial charge in [-0.1, -0.05) is 22.0 Å². The molecular weight excluding hydrogens is 221 g/mol. The van der Waals surface area contributed by atoms with Crippen LogP contribution in [0.2, 0.25) is 0 Å². The van der Waals surface area contributed by atoms with Crippen molar-refractivity contribution < 1.29 is 4.39 Å². The quantitative estimate of drug-likeness (QED) is 0.832. The summed E-state index contributed by atoms with van der Waals surface area (Å²) < 4.78 is 13.4. The van der Waals surface area contributed by atoms with Gasteiger partial charge in [-0.2, -0.15) is 0 Å². The fraction of sp³-hybridized carbons (Fsp3) is 0.333. The van der Waals surface area contributed by atoms with Gasteiger partial charge in [0.05, 0.1) is 0 Å². The van der Waals surface area contributed by atoms with Crippen molar-refractivity contribution in [3.05, 3.63) is 34.1 Å². The summed E-state index contributed by atoms with van der Waals surface area (Å²) >= 11 is 3.28. The fourth-order valence-corrected chi connectivity index (χ4v) is 1.55. The van der Waals surface area contributed by atoms with Crippen LogP contribution in [0, 0.1) is 5.82 Å². The number of hydrogen-bond acceptors (Lipinski definition) is 1. The third kappa shape index (κ3) is 2.57. The highest BCUT2D eigenvalue weighted by Gasteiger charge is 2.03. The minimum Gasteiger partial charge on any atom is -0.328 e. The van der Waals surface area contributed by atoms with Gasteiger partial charge < -0.3 is 5.73 Å². The van der Waals surface area contributed by atoms with Crippen LogP contribution in [0.15, 0.2) is 22.7 Å². The van der Waals surface area contributed by atoms with E-state index in [1.54, 1.807) is 6.07 Å². The zero-order valence-corrected chi connectivity index (χ0v) is 8.44. The Morgan fingerprint density at radius 1 is 1.58 bits per heavy atom. The lowest BCUT2D eigenvalue weighted by atomic mass is 10.1. The van der Waals surface area contributed by atoms with Gasteiger partial charge in [0.2, 0.25) is 0 Å². The monoisotopic (exact) mass is 231 g/mol. The molecule has 0 saturated heterocycles. The van der Waals surface area contributed by atoms with Crippen molar-refractivity contribution in [1.29, 1.82) is 0 Å². The molecule has 12 heavy (non-hydrogen) atoms. The van der Waals surface area contributed by atoms with E-state index in [0.717, 1.165) is 16.5 Å². The molecule has 0 unspecified atom stereocenters. The van der Waals surface area contributed by atoms with Crippen molar-refractivity contribution in [3.63, 3.8) is 0 Å². The number of rotatable bonds is 2. The highest BCUT2D eigenvalue weighted by atomic mass is 79.9. The Morgan fingerprint density at radius 3 is 2.75 bits per heavy atom. The van der Waals surface area contributed by atoms with Gasteiger partial charge in [0.25, 0.3) is 0 Å². The van der Waals surface area contributed by atoms with Crippen LogP contribution in [0.25, 0.3) is 0 Å². The third-order valence-electron chi connectivity index (χ3n) is 1.56. The van der Waals surface area contributed by atoms with Crippen molar-refractivity contribution >= 4 is 15.9 Å². The average molecular weight is 232 g/mol. The number of benzene rings is 1. The smallest absolute Gasteiger partial charge is 0.124 e. The first-order chi connectivity index (χ1) is 5.59. The molecular formula is C9H11BrFN. The van der Waals surface area contributed by atoms with Crippen LogP contribution in [0.1, 0.15) is 12.5 Å². The van der Waals surface area contributed by atoms with Gasteiger partial charge in [0.1, 0.15) is 5.82 Å². The predicted octanol–water partition coefficient (Wildman–Crippen LogP) is 2.48.